The van der Waals surface area contributed by atoms with Crippen molar-refractivity contribution in [3.05, 3.63) is 0 Å². The van der Waals surface area contributed by atoms with Crippen LogP contribution in [0.15, 0.2) is 0 Å². The maximum atomic E-state index is 12.6. The number of ether oxygens (including phenoxy) is 2. The van der Waals surface area contributed by atoms with Crippen molar-refractivity contribution in [2.75, 3.05) is 19.8 Å². The van der Waals surface area contributed by atoms with Gasteiger partial charge in [0, 0.05) is 13.2 Å². The lowest BCUT2D eigenvalue weighted by atomic mass is 9.81. The van der Waals surface area contributed by atoms with Gasteiger partial charge in [-0.05, 0) is 67.6 Å². The van der Waals surface area contributed by atoms with E-state index >= 15 is 0 Å². The lowest BCUT2D eigenvalue weighted by Gasteiger charge is -2.32. The van der Waals surface area contributed by atoms with Crippen LogP contribution in [-0.2, 0) is 18.8 Å². The molecule has 2 rings (SSSR count). The number of nitrogens with zero attached hydrogens (tertiary/aromatic N) is 1. The van der Waals surface area contributed by atoms with Crippen molar-refractivity contribution in [1.29, 1.82) is 0 Å². The Bertz CT molecular complexity index is 459. The molecule has 144 valence electrons. The van der Waals surface area contributed by atoms with E-state index in [2.05, 4.69) is 27.7 Å². The van der Waals surface area contributed by atoms with Crippen LogP contribution in [0.2, 0.25) is 6.32 Å². The second-order valence-electron chi connectivity index (χ2n) is 9.02. The van der Waals surface area contributed by atoms with Crippen LogP contribution in [0.4, 0.5) is 4.79 Å². The number of rotatable bonds is 3. The summed E-state index contributed by atoms with van der Waals surface area (Å²) in [6, 6.07) is -0.0172. The van der Waals surface area contributed by atoms with Gasteiger partial charge in [0.15, 0.2) is 0 Å². The van der Waals surface area contributed by atoms with Crippen molar-refractivity contribution in [2.24, 2.45) is 0 Å². The molecule has 1 amide bonds. The molecule has 0 aromatic heterocycles. The molecule has 0 bridgehead atoms. The minimum absolute atomic E-state index is 0.0172. The Hall–Kier alpha value is -0.785. The Morgan fingerprint density at radius 2 is 1.80 bits per heavy atom. The van der Waals surface area contributed by atoms with E-state index in [-0.39, 0.29) is 30.5 Å². The first-order chi connectivity index (χ1) is 11.4. The molecular weight excluding hydrogens is 321 g/mol. The zero-order valence-electron chi connectivity index (χ0n) is 16.9. The summed E-state index contributed by atoms with van der Waals surface area (Å²) in [5, 5.41) is 0. The summed E-state index contributed by atoms with van der Waals surface area (Å²) < 4.78 is 23.4. The van der Waals surface area contributed by atoms with Crippen molar-refractivity contribution in [2.45, 2.75) is 90.5 Å². The predicted octanol–water partition coefficient (Wildman–Crippen LogP) is 3.49. The highest BCUT2D eigenvalue weighted by Crippen LogP contribution is 2.38. The van der Waals surface area contributed by atoms with E-state index in [4.69, 9.17) is 18.8 Å². The Labute approximate surface area is 152 Å². The summed E-state index contributed by atoms with van der Waals surface area (Å²) in [5.74, 6) is 0. The maximum Gasteiger partial charge on any atom is 0.457 e. The maximum absolute atomic E-state index is 12.6. The monoisotopic (exact) mass is 355 g/mol. The quantitative estimate of drug-likeness (QED) is 0.726. The second kappa shape index (κ2) is 7.45. The van der Waals surface area contributed by atoms with E-state index in [1.165, 1.54) is 0 Å². The molecule has 2 heterocycles. The number of carbonyl (C=O) groups excluding carboxylic acids is 1. The summed E-state index contributed by atoms with van der Waals surface area (Å²) in [7, 11) is -0.256. The molecule has 0 aliphatic carbocycles. The lowest BCUT2D eigenvalue weighted by molar-refractivity contribution is 0.00578. The first kappa shape index (κ1) is 20.5. The normalized spacial score (nSPS) is 26.4. The molecule has 0 spiro atoms. The largest absolute Gasteiger partial charge is 0.457 e. The van der Waals surface area contributed by atoms with E-state index in [0.717, 1.165) is 19.2 Å². The zero-order chi connectivity index (χ0) is 18.9. The van der Waals surface area contributed by atoms with Crippen LogP contribution >= 0.6 is 0 Å². The minimum atomic E-state index is -0.499. The van der Waals surface area contributed by atoms with Crippen LogP contribution < -0.4 is 0 Å². The smallest absolute Gasteiger partial charge is 0.444 e. The highest BCUT2D eigenvalue weighted by Gasteiger charge is 2.50. The fourth-order valence-corrected chi connectivity index (χ4v) is 3.04. The fraction of sp³-hybridized carbons (Fsp3) is 0.944. The van der Waals surface area contributed by atoms with Crippen molar-refractivity contribution in [3.63, 3.8) is 0 Å². The Morgan fingerprint density at radius 3 is 2.36 bits per heavy atom. The molecule has 6 nitrogen and oxygen atoms in total. The van der Waals surface area contributed by atoms with Gasteiger partial charge in [0.2, 0.25) is 0 Å². The third-order valence-corrected chi connectivity index (χ3v) is 5.10. The van der Waals surface area contributed by atoms with E-state index in [9.17, 15) is 4.79 Å². The number of hydrogen-bond donors (Lipinski definition) is 0. The summed E-state index contributed by atoms with van der Waals surface area (Å²) in [4.78, 5) is 14.4. The molecule has 0 radical (unpaired) electrons. The summed E-state index contributed by atoms with van der Waals surface area (Å²) in [6.45, 7) is 15.7. The molecule has 25 heavy (non-hydrogen) atoms. The van der Waals surface area contributed by atoms with Crippen LogP contribution in [0.1, 0.15) is 61.3 Å². The molecule has 7 heteroatoms. The lowest BCUT2D eigenvalue weighted by Crippen LogP contribution is -2.45. The Kier molecular flexibility index (Phi) is 6.12. The molecule has 2 aliphatic rings. The van der Waals surface area contributed by atoms with Gasteiger partial charge in [0.1, 0.15) is 5.60 Å². The average molecular weight is 355 g/mol. The third kappa shape index (κ3) is 5.34. The molecule has 0 aromatic carbocycles. The standard InChI is InChI=1S/C18H34BNO5/c1-16(2,3)23-15(21)20-11-8-12-22-13-14(20)9-10-19-24-17(4,5)18(6,7)25-19/h14H,8-13H2,1-7H3. The summed E-state index contributed by atoms with van der Waals surface area (Å²) in [5.41, 5.74) is -1.16. The molecule has 1 atom stereocenters. The first-order valence-electron chi connectivity index (χ1n) is 9.34. The van der Waals surface area contributed by atoms with Crippen LogP contribution in [-0.4, -0.2) is 60.7 Å². The molecule has 2 fully saturated rings. The van der Waals surface area contributed by atoms with Gasteiger partial charge in [-0.15, -0.1) is 0 Å². The van der Waals surface area contributed by atoms with E-state index in [1.54, 1.807) is 0 Å². The molecular formula is C18H34BNO5. The van der Waals surface area contributed by atoms with E-state index in [1.807, 2.05) is 25.7 Å². The summed E-state index contributed by atoms with van der Waals surface area (Å²) >= 11 is 0. The van der Waals surface area contributed by atoms with Gasteiger partial charge in [-0.25, -0.2) is 4.79 Å². The molecule has 2 saturated heterocycles. The Balaban J connectivity index is 1.96. The minimum Gasteiger partial charge on any atom is -0.444 e. The average Bonchev–Trinajstić information content (AvgIpc) is 2.61. The van der Waals surface area contributed by atoms with Crippen LogP contribution in [0.25, 0.3) is 0 Å². The zero-order valence-corrected chi connectivity index (χ0v) is 16.9. The molecule has 2 aliphatic heterocycles. The van der Waals surface area contributed by atoms with Gasteiger partial charge in [0.25, 0.3) is 0 Å². The molecule has 0 aromatic rings. The highest BCUT2D eigenvalue weighted by atomic mass is 16.7. The van der Waals surface area contributed by atoms with E-state index < -0.39 is 5.60 Å². The molecule has 0 saturated carbocycles. The van der Waals surface area contributed by atoms with Crippen LogP contribution in [0, 0.1) is 0 Å². The van der Waals surface area contributed by atoms with Crippen LogP contribution in [0.5, 0.6) is 0 Å². The van der Waals surface area contributed by atoms with Crippen molar-refractivity contribution < 1.29 is 23.6 Å². The van der Waals surface area contributed by atoms with Gasteiger partial charge in [-0.2, -0.15) is 0 Å². The number of amides is 1. The fourth-order valence-electron chi connectivity index (χ4n) is 3.04. The van der Waals surface area contributed by atoms with Gasteiger partial charge < -0.3 is 23.7 Å². The Morgan fingerprint density at radius 1 is 1.20 bits per heavy atom. The topological polar surface area (TPSA) is 57.2 Å². The SMILES string of the molecule is CC(C)(C)OC(=O)N1CCCOCC1CCB1OC(C)(C)C(C)(C)O1. The van der Waals surface area contributed by atoms with Crippen molar-refractivity contribution >= 4 is 13.2 Å². The van der Waals surface area contributed by atoms with Gasteiger partial charge in [-0.1, -0.05) is 0 Å². The van der Waals surface area contributed by atoms with Gasteiger partial charge in [0.05, 0.1) is 23.9 Å². The molecule has 0 N–H and O–H groups in total. The highest BCUT2D eigenvalue weighted by molar-refractivity contribution is 6.45. The summed E-state index contributed by atoms with van der Waals surface area (Å²) in [6.07, 6.45) is 2.04. The molecule has 1 unspecified atom stereocenters. The third-order valence-electron chi connectivity index (χ3n) is 5.10. The predicted molar refractivity (Wildman–Crippen MR) is 97.7 cm³/mol. The van der Waals surface area contributed by atoms with Crippen molar-refractivity contribution in [1.82, 2.24) is 4.90 Å². The van der Waals surface area contributed by atoms with Gasteiger partial charge >= 0.3 is 13.2 Å². The second-order valence-corrected chi connectivity index (χ2v) is 9.02. The number of hydrogen-bond acceptors (Lipinski definition) is 5. The van der Waals surface area contributed by atoms with Crippen LogP contribution in [0.3, 0.4) is 0 Å². The van der Waals surface area contributed by atoms with E-state index in [0.29, 0.717) is 19.8 Å². The first-order valence-corrected chi connectivity index (χ1v) is 9.34. The van der Waals surface area contributed by atoms with Gasteiger partial charge in [-0.3, -0.25) is 0 Å². The number of carbonyl (C=O) groups is 1. The van der Waals surface area contributed by atoms with Crippen molar-refractivity contribution in [3.8, 4) is 0 Å².